The summed E-state index contributed by atoms with van der Waals surface area (Å²) in [6, 6.07) is 12.3. The van der Waals surface area contributed by atoms with Crippen LogP contribution in [0.25, 0.3) is 10.9 Å². The topological polar surface area (TPSA) is 64.4 Å². The van der Waals surface area contributed by atoms with E-state index in [9.17, 15) is 9.59 Å². The zero-order chi connectivity index (χ0) is 21.0. The van der Waals surface area contributed by atoms with Gasteiger partial charge in [-0.05, 0) is 42.5 Å². The standard InChI is InChI=1S/C21H22ClN3O3S/c1-24(2)16-8-9-18-17(12-16)20(27)25(10-11-28-3)21(23-18)29-13-19(26)14-4-6-15(22)7-5-14/h4-9,12H,10-11,13H2,1-3H3. The molecular formula is C21H22ClN3O3S. The first-order valence-electron chi connectivity index (χ1n) is 9.03. The van der Waals surface area contributed by atoms with E-state index in [1.165, 1.54) is 11.8 Å². The second-order valence-corrected chi connectivity index (χ2v) is 8.04. The maximum Gasteiger partial charge on any atom is 0.262 e. The maximum atomic E-state index is 13.1. The summed E-state index contributed by atoms with van der Waals surface area (Å²) in [4.78, 5) is 32.2. The summed E-state index contributed by atoms with van der Waals surface area (Å²) < 4.78 is 6.73. The summed E-state index contributed by atoms with van der Waals surface area (Å²) in [7, 11) is 5.43. The molecular weight excluding hydrogens is 410 g/mol. The molecule has 3 aromatic rings. The minimum absolute atomic E-state index is 0.0535. The van der Waals surface area contributed by atoms with Crippen LogP contribution in [0.1, 0.15) is 10.4 Å². The van der Waals surface area contributed by atoms with Gasteiger partial charge >= 0.3 is 0 Å². The predicted octanol–water partition coefficient (Wildman–Crippen LogP) is 3.74. The highest BCUT2D eigenvalue weighted by atomic mass is 35.5. The third-order valence-electron chi connectivity index (χ3n) is 4.44. The Bertz CT molecular complexity index is 1080. The maximum absolute atomic E-state index is 13.1. The summed E-state index contributed by atoms with van der Waals surface area (Å²) >= 11 is 7.13. The second kappa shape index (κ2) is 9.43. The van der Waals surface area contributed by atoms with Crippen LogP contribution < -0.4 is 10.5 Å². The van der Waals surface area contributed by atoms with E-state index >= 15 is 0 Å². The number of halogens is 1. The van der Waals surface area contributed by atoms with Crippen molar-refractivity contribution < 1.29 is 9.53 Å². The molecule has 0 bridgehead atoms. The Labute approximate surface area is 178 Å². The fourth-order valence-electron chi connectivity index (χ4n) is 2.81. The van der Waals surface area contributed by atoms with Crippen molar-refractivity contribution in [1.29, 1.82) is 0 Å². The van der Waals surface area contributed by atoms with Crippen molar-refractivity contribution in [2.75, 3.05) is 38.5 Å². The average molecular weight is 432 g/mol. The second-order valence-electron chi connectivity index (χ2n) is 6.66. The SMILES string of the molecule is COCCn1c(SCC(=O)c2ccc(Cl)cc2)nc2ccc(N(C)C)cc2c1=O. The normalized spacial score (nSPS) is 11.0. The van der Waals surface area contributed by atoms with E-state index in [1.807, 2.05) is 37.2 Å². The summed E-state index contributed by atoms with van der Waals surface area (Å²) in [6.07, 6.45) is 0. The highest BCUT2D eigenvalue weighted by Crippen LogP contribution is 2.22. The van der Waals surface area contributed by atoms with Gasteiger partial charge in [0, 0.05) is 37.5 Å². The molecule has 0 spiro atoms. The van der Waals surface area contributed by atoms with Crippen LogP contribution in [0.3, 0.4) is 0 Å². The van der Waals surface area contributed by atoms with Crippen molar-refractivity contribution in [3.05, 3.63) is 63.4 Å². The lowest BCUT2D eigenvalue weighted by atomic mass is 10.1. The van der Waals surface area contributed by atoms with Gasteiger partial charge in [0.1, 0.15) is 0 Å². The molecule has 6 nitrogen and oxygen atoms in total. The van der Waals surface area contributed by atoms with E-state index in [-0.39, 0.29) is 17.1 Å². The van der Waals surface area contributed by atoms with Gasteiger partial charge in [-0.15, -0.1) is 0 Å². The molecule has 3 rings (SSSR count). The minimum atomic E-state index is -0.141. The number of aromatic nitrogens is 2. The fraction of sp³-hybridized carbons (Fsp3) is 0.286. The number of fused-ring (bicyclic) bond motifs is 1. The molecule has 0 N–H and O–H groups in total. The lowest BCUT2D eigenvalue weighted by molar-refractivity contribution is 0.102. The van der Waals surface area contributed by atoms with Gasteiger partial charge in [-0.25, -0.2) is 4.98 Å². The molecule has 0 fully saturated rings. The molecule has 0 radical (unpaired) electrons. The molecule has 0 aliphatic heterocycles. The Morgan fingerprint density at radius 3 is 2.59 bits per heavy atom. The molecule has 0 unspecified atom stereocenters. The minimum Gasteiger partial charge on any atom is -0.383 e. The summed E-state index contributed by atoms with van der Waals surface area (Å²) in [5.41, 5.74) is 1.96. The van der Waals surface area contributed by atoms with Crippen molar-refractivity contribution in [2.45, 2.75) is 11.7 Å². The predicted molar refractivity (Wildman–Crippen MR) is 119 cm³/mol. The van der Waals surface area contributed by atoms with Crippen molar-refractivity contribution in [3.8, 4) is 0 Å². The molecule has 0 aliphatic carbocycles. The molecule has 8 heteroatoms. The first-order valence-corrected chi connectivity index (χ1v) is 10.4. The Balaban J connectivity index is 1.94. The van der Waals surface area contributed by atoms with Crippen molar-refractivity contribution in [2.24, 2.45) is 0 Å². The largest absolute Gasteiger partial charge is 0.383 e. The van der Waals surface area contributed by atoms with E-state index in [2.05, 4.69) is 4.98 Å². The smallest absolute Gasteiger partial charge is 0.262 e. The van der Waals surface area contributed by atoms with E-state index < -0.39 is 0 Å². The molecule has 1 heterocycles. The zero-order valence-corrected chi connectivity index (χ0v) is 18.1. The number of hydrogen-bond donors (Lipinski definition) is 0. The molecule has 29 heavy (non-hydrogen) atoms. The van der Waals surface area contributed by atoms with Gasteiger partial charge in [0.25, 0.3) is 5.56 Å². The number of ketones is 1. The van der Waals surface area contributed by atoms with Crippen LogP contribution in [0.2, 0.25) is 5.02 Å². The zero-order valence-electron chi connectivity index (χ0n) is 16.5. The lowest BCUT2D eigenvalue weighted by Gasteiger charge is -2.15. The Morgan fingerprint density at radius 2 is 1.93 bits per heavy atom. The molecule has 0 saturated carbocycles. The molecule has 0 aliphatic rings. The van der Waals surface area contributed by atoms with Gasteiger partial charge in [-0.2, -0.15) is 0 Å². The van der Waals surface area contributed by atoms with Crippen LogP contribution in [-0.2, 0) is 11.3 Å². The number of anilines is 1. The third-order valence-corrected chi connectivity index (χ3v) is 5.67. The van der Waals surface area contributed by atoms with Crippen molar-refractivity contribution >= 4 is 45.7 Å². The van der Waals surface area contributed by atoms with Crippen LogP contribution in [0, 0.1) is 0 Å². The van der Waals surface area contributed by atoms with Gasteiger partial charge in [-0.1, -0.05) is 23.4 Å². The quantitative estimate of drug-likeness (QED) is 0.307. The number of carbonyl (C=O) groups excluding carboxylic acids is 1. The number of hydrogen-bond acceptors (Lipinski definition) is 6. The molecule has 2 aromatic carbocycles. The highest BCUT2D eigenvalue weighted by Gasteiger charge is 2.15. The number of rotatable bonds is 8. The summed E-state index contributed by atoms with van der Waals surface area (Å²) in [6.45, 7) is 0.737. The number of ether oxygens (including phenoxy) is 1. The first kappa shape index (κ1) is 21.4. The number of benzene rings is 2. The van der Waals surface area contributed by atoms with E-state index in [4.69, 9.17) is 16.3 Å². The molecule has 152 valence electrons. The number of thioether (sulfide) groups is 1. The van der Waals surface area contributed by atoms with Gasteiger partial charge < -0.3 is 9.64 Å². The Morgan fingerprint density at radius 1 is 1.21 bits per heavy atom. The Hall–Kier alpha value is -2.35. The highest BCUT2D eigenvalue weighted by molar-refractivity contribution is 7.99. The van der Waals surface area contributed by atoms with Crippen molar-refractivity contribution in [1.82, 2.24) is 9.55 Å². The molecule has 0 atom stereocenters. The Kier molecular flexibility index (Phi) is 6.95. The summed E-state index contributed by atoms with van der Waals surface area (Å²) in [5, 5.41) is 1.62. The first-order chi connectivity index (χ1) is 13.9. The van der Waals surface area contributed by atoms with E-state index in [0.29, 0.717) is 39.8 Å². The van der Waals surface area contributed by atoms with E-state index in [1.54, 1.807) is 35.9 Å². The third kappa shape index (κ3) is 4.98. The van der Waals surface area contributed by atoms with Gasteiger partial charge in [-0.3, -0.25) is 14.2 Å². The lowest BCUT2D eigenvalue weighted by Crippen LogP contribution is -2.26. The average Bonchev–Trinajstić information content (AvgIpc) is 2.71. The number of methoxy groups -OCH3 is 1. The molecule has 0 amide bonds. The van der Waals surface area contributed by atoms with Crippen molar-refractivity contribution in [3.63, 3.8) is 0 Å². The van der Waals surface area contributed by atoms with E-state index in [0.717, 1.165) is 5.69 Å². The number of nitrogens with zero attached hydrogens (tertiary/aromatic N) is 3. The van der Waals surface area contributed by atoms with Crippen LogP contribution in [-0.4, -0.2) is 48.9 Å². The number of carbonyl (C=O) groups is 1. The summed E-state index contributed by atoms with van der Waals surface area (Å²) in [5.74, 6) is 0.116. The monoisotopic (exact) mass is 431 g/mol. The van der Waals surface area contributed by atoms with Gasteiger partial charge in [0.2, 0.25) is 0 Å². The fourth-order valence-corrected chi connectivity index (χ4v) is 3.85. The molecule has 0 saturated heterocycles. The number of Topliss-reactive ketones (excluding diaryl/α,β-unsaturated/α-hetero) is 1. The van der Waals surface area contributed by atoms with Crippen LogP contribution in [0.4, 0.5) is 5.69 Å². The van der Waals surface area contributed by atoms with Gasteiger partial charge in [0.05, 0.1) is 29.8 Å². The van der Waals surface area contributed by atoms with Crippen LogP contribution >= 0.6 is 23.4 Å². The van der Waals surface area contributed by atoms with Crippen LogP contribution in [0.5, 0.6) is 0 Å². The van der Waals surface area contributed by atoms with Gasteiger partial charge in [0.15, 0.2) is 10.9 Å². The molecule has 1 aromatic heterocycles. The van der Waals surface area contributed by atoms with Crippen LogP contribution in [0.15, 0.2) is 52.4 Å².